The Labute approximate surface area is 147 Å². The second-order valence-corrected chi connectivity index (χ2v) is 6.75. The lowest BCUT2D eigenvalue weighted by molar-refractivity contribution is -0.117. The zero-order valence-corrected chi connectivity index (χ0v) is 15.0. The Hall–Kier alpha value is -1.21. The summed E-state index contributed by atoms with van der Waals surface area (Å²) >= 11 is 5.70. The fourth-order valence-electron chi connectivity index (χ4n) is 3.02. The van der Waals surface area contributed by atoms with E-state index in [-0.39, 0.29) is 18.1 Å². The van der Waals surface area contributed by atoms with Crippen molar-refractivity contribution in [1.29, 1.82) is 0 Å². The first-order chi connectivity index (χ1) is 11.5. The van der Waals surface area contributed by atoms with E-state index in [4.69, 9.17) is 16.3 Å². The van der Waals surface area contributed by atoms with Gasteiger partial charge in [0.1, 0.15) is 5.82 Å². The first-order valence-corrected chi connectivity index (χ1v) is 8.50. The summed E-state index contributed by atoms with van der Waals surface area (Å²) in [4.78, 5) is 16.4. The Morgan fingerprint density at radius 3 is 3.04 bits per heavy atom. The van der Waals surface area contributed by atoms with Gasteiger partial charge in [0, 0.05) is 31.8 Å². The average molecular weight is 358 g/mol. The van der Waals surface area contributed by atoms with Crippen LogP contribution < -0.4 is 5.32 Å². The van der Waals surface area contributed by atoms with Crippen LogP contribution in [0.4, 0.5) is 10.1 Å². The molecule has 0 bridgehead atoms. The first-order valence-electron chi connectivity index (χ1n) is 8.12. The molecule has 1 amide bonds. The molecule has 1 aliphatic rings. The maximum absolute atomic E-state index is 13.7. The number of carbonyl (C=O) groups is 1. The minimum absolute atomic E-state index is 0.157. The van der Waals surface area contributed by atoms with Crippen LogP contribution in [0.25, 0.3) is 0 Å². The zero-order chi connectivity index (χ0) is 17.5. The molecule has 0 aromatic heterocycles. The molecule has 24 heavy (non-hydrogen) atoms. The Morgan fingerprint density at radius 1 is 1.54 bits per heavy atom. The van der Waals surface area contributed by atoms with Crippen LogP contribution in [0.5, 0.6) is 0 Å². The summed E-state index contributed by atoms with van der Waals surface area (Å²) in [6.45, 7) is 4.88. The zero-order valence-electron chi connectivity index (χ0n) is 14.2. The van der Waals surface area contributed by atoms with Crippen LogP contribution in [0.1, 0.15) is 6.42 Å². The van der Waals surface area contributed by atoms with Crippen molar-refractivity contribution in [3.8, 4) is 0 Å². The number of benzene rings is 1. The molecule has 1 aliphatic heterocycles. The van der Waals surface area contributed by atoms with Crippen molar-refractivity contribution in [2.24, 2.45) is 5.92 Å². The molecule has 1 unspecified atom stereocenters. The van der Waals surface area contributed by atoms with E-state index in [2.05, 4.69) is 10.2 Å². The molecule has 1 atom stereocenters. The van der Waals surface area contributed by atoms with E-state index in [0.29, 0.717) is 10.9 Å². The number of hydrogen-bond donors (Lipinski definition) is 1. The number of likely N-dealkylation sites (tertiary alicyclic amines) is 1. The number of carbonyl (C=O) groups excluding carboxylic acids is 1. The Morgan fingerprint density at radius 2 is 2.33 bits per heavy atom. The molecule has 0 spiro atoms. The van der Waals surface area contributed by atoms with Gasteiger partial charge in [0.05, 0.1) is 18.8 Å². The molecule has 0 radical (unpaired) electrons. The van der Waals surface area contributed by atoms with Crippen LogP contribution >= 0.6 is 11.6 Å². The van der Waals surface area contributed by atoms with Gasteiger partial charge in [0.15, 0.2) is 0 Å². The molecule has 2 rings (SSSR count). The van der Waals surface area contributed by atoms with Crippen LogP contribution in [0.2, 0.25) is 5.02 Å². The number of hydrogen-bond acceptors (Lipinski definition) is 4. The summed E-state index contributed by atoms with van der Waals surface area (Å²) in [7, 11) is 3.62. The summed E-state index contributed by atoms with van der Waals surface area (Å²) in [5.74, 6) is -0.206. The summed E-state index contributed by atoms with van der Waals surface area (Å²) in [5, 5.41) is 2.90. The van der Waals surface area contributed by atoms with Gasteiger partial charge in [0.25, 0.3) is 0 Å². The van der Waals surface area contributed by atoms with E-state index >= 15 is 0 Å². The van der Waals surface area contributed by atoms with Gasteiger partial charge < -0.3 is 15.0 Å². The molecule has 1 aromatic carbocycles. The normalized spacial score (nSPS) is 18.3. The van der Waals surface area contributed by atoms with Crippen molar-refractivity contribution in [2.75, 3.05) is 58.8 Å². The minimum Gasteiger partial charge on any atom is -0.383 e. The fraction of sp³-hybridized carbons (Fsp3) is 0.588. The lowest BCUT2D eigenvalue weighted by Gasteiger charge is -2.21. The highest BCUT2D eigenvalue weighted by Gasteiger charge is 2.23. The second-order valence-electron chi connectivity index (χ2n) is 6.32. The number of halogens is 2. The van der Waals surface area contributed by atoms with Crippen molar-refractivity contribution < 1.29 is 13.9 Å². The average Bonchev–Trinajstić information content (AvgIpc) is 2.95. The van der Waals surface area contributed by atoms with Crippen LogP contribution in [0.15, 0.2) is 18.2 Å². The van der Waals surface area contributed by atoms with Crippen LogP contribution in [-0.4, -0.2) is 69.2 Å². The van der Waals surface area contributed by atoms with Gasteiger partial charge in [-0.2, -0.15) is 0 Å². The highest BCUT2D eigenvalue weighted by atomic mass is 35.5. The van der Waals surface area contributed by atoms with Gasteiger partial charge in [-0.05, 0) is 44.1 Å². The molecule has 1 heterocycles. The SMILES string of the molecule is COCCN1CCC(CN(C)CC(=O)Nc2ccc(Cl)cc2F)C1. The largest absolute Gasteiger partial charge is 0.383 e. The second kappa shape index (κ2) is 9.32. The monoisotopic (exact) mass is 357 g/mol. The van der Waals surface area contributed by atoms with Crippen LogP contribution in [-0.2, 0) is 9.53 Å². The third kappa shape index (κ3) is 6.02. The number of amides is 1. The quantitative estimate of drug-likeness (QED) is 0.775. The molecule has 1 N–H and O–H groups in total. The predicted molar refractivity (Wildman–Crippen MR) is 94.0 cm³/mol. The summed E-state index contributed by atoms with van der Waals surface area (Å²) in [5.41, 5.74) is 0.157. The van der Waals surface area contributed by atoms with Gasteiger partial charge in [-0.3, -0.25) is 9.69 Å². The Kier molecular flexibility index (Phi) is 7.42. The van der Waals surface area contributed by atoms with Crippen LogP contribution in [0, 0.1) is 11.7 Å². The van der Waals surface area contributed by atoms with Crippen molar-refractivity contribution in [3.63, 3.8) is 0 Å². The smallest absolute Gasteiger partial charge is 0.238 e. The molecular formula is C17H25ClFN3O2. The van der Waals surface area contributed by atoms with Crippen LogP contribution in [0.3, 0.4) is 0 Å². The number of nitrogens with zero attached hydrogens (tertiary/aromatic N) is 2. The third-order valence-electron chi connectivity index (χ3n) is 4.17. The number of ether oxygens (including phenoxy) is 1. The van der Waals surface area contributed by atoms with Gasteiger partial charge in [-0.25, -0.2) is 4.39 Å². The van der Waals surface area contributed by atoms with Gasteiger partial charge in [-0.15, -0.1) is 0 Å². The lowest BCUT2D eigenvalue weighted by atomic mass is 10.1. The van der Waals surface area contributed by atoms with E-state index < -0.39 is 5.82 Å². The molecule has 1 saturated heterocycles. The van der Waals surface area contributed by atoms with E-state index in [1.165, 1.54) is 12.1 Å². The number of nitrogens with one attached hydrogen (secondary N) is 1. The van der Waals surface area contributed by atoms with Crippen molar-refractivity contribution in [1.82, 2.24) is 9.80 Å². The van der Waals surface area contributed by atoms with E-state index in [0.717, 1.165) is 39.2 Å². The molecule has 1 fully saturated rings. The number of likely N-dealkylation sites (N-methyl/N-ethyl adjacent to an activating group) is 1. The highest BCUT2D eigenvalue weighted by Crippen LogP contribution is 2.19. The van der Waals surface area contributed by atoms with Gasteiger partial charge in [-0.1, -0.05) is 11.6 Å². The molecule has 7 heteroatoms. The van der Waals surface area contributed by atoms with Gasteiger partial charge in [0.2, 0.25) is 5.91 Å². The molecular weight excluding hydrogens is 333 g/mol. The number of methoxy groups -OCH3 is 1. The highest BCUT2D eigenvalue weighted by molar-refractivity contribution is 6.30. The molecule has 0 aliphatic carbocycles. The van der Waals surface area contributed by atoms with Crippen molar-refractivity contribution >= 4 is 23.2 Å². The maximum Gasteiger partial charge on any atom is 0.238 e. The third-order valence-corrected chi connectivity index (χ3v) is 4.41. The molecule has 134 valence electrons. The standard InChI is InChI=1S/C17H25ClFN3O2/c1-21(10-13-5-6-22(11-13)7-8-24-2)12-17(23)20-16-4-3-14(18)9-15(16)19/h3-4,9,13H,5-8,10-12H2,1-2H3,(H,20,23). The molecule has 0 saturated carbocycles. The Balaban J connectivity index is 1.74. The summed E-state index contributed by atoms with van der Waals surface area (Å²) in [6.07, 6.45) is 1.13. The van der Waals surface area contributed by atoms with E-state index in [1.807, 2.05) is 11.9 Å². The van der Waals surface area contributed by atoms with Crippen molar-refractivity contribution in [2.45, 2.75) is 6.42 Å². The summed E-state index contributed by atoms with van der Waals surface area (Å²) < 4.78 is 18.8. The predicted octanol–water partition coefficient (Wildman–Crippen LogP) is 2.32. The number of rotatable bonds is 8. The van der Waals surface area contributed by atoms with Gasteiger partial charge >= 0.3 is 0 Å². The van der Waals surface area contributed by atoms with Crippen molar-refractivity contribution in [3.05, 3.63) is 29.0 Å². The topological polar surface area (TPSA) is 44.8 Å². The molecule has 5 nitrogen and oxygen atoms in total. The summed E-state index contributed by atoms with van der Waals surface area (Å²) in [6, 6.07) is 4.21. The number of anilines is 1. The first kappa shape index (κ1) is 19.1. The van der Waals surface area contributed by atoms with E-state index in [1.54, 1.807) is 13.2 Å². The Bertz CT molecular complexity index is 559. The molecule has 1 aromatic rings. The maximum atomic E-state index is 13.7. The van der Waals surface area contributed by atoms with E-state index in [9.17, 15) is 9.18 Å². The minimum atomic E-state index is -0.525. The fourth-order valence-corrected chi connectivity index (χ4v) is 3.18. The lowest BCUT2D eigenvalue weighted by Crippen LogP contribution is -2.35.